The highest BCUT2D eigenvalue weighted by molar-refractivity contribution is 7.92. The summed E-state index contributed by atoms with van der Waals surface area (Å²) in [4.78, 5) is 36.2. The minimum atomic E-state index is -3.43. The average Bonchev–Trinajstić information content (AvgIpc) is 2.98. The largest absolute Gasteiger partial charge is 0.486 e. The first kappa shape index (κ1) is 33.9. The van der Waals surface area contributed by atoms with E-state index in [-0.39, 0.29) is 23.7 Å². The van der Waals surface area contributed by atoms with E-state index in [2.05, 4.69) is 34.2 Å². The van der Waals surface area contributed by atoms with Crippen LogP contribution in [0.2, 0.25) is 0 Å². The van der Waals surface area contributed by atoms with Crippen LogP contribution in [0.15, 0.2) is 52.9 Å². The molecule has 2 aromatic carbocycles. The number of unbranched alkanes of at least 4 members (excludes halogenated alkanes) is 1. The van der Waals surface area contributed by atoms with E-state index in [0.717, 1.165) is 30.9 Å². The smallest absolute Gasteiger partial charge is 0.311 e. The molecule has 0 spiro atoms. The Morgan fingerprint density at radius 2 is 1.95 bits per heavy atom. The van der Waals surface area contributed by atoms with Crippen LogP contribution in [0.1, 0.15) is 73.5 Å². The number of aryl methyl sites for hydroxylation is 2. The molecule has 0 saturated heterocycles. The monoisotopic (exact) mass is 615 g/mol. The first-order valence-corrected chi connectivity index (χ1v) is 16.0. The Balaban J connectivity index is 1.96. The van der Waals surface area contributed by atoms with Gasteiger partial charge in [0.25, 0.3) is 5.91 Å². The highest BCUT2D eigenvalue weighted by Gasteiger charge is 2.45. The summed E-state index contributed by atoms with van der Waals surface area (Å²) in [6.45, 7) is 5.15. The molecule has 3 rings (SSSR count). The molecule has 1 unspecified atom stereocenters. The van der Waals surface area contributed by atoms with Gasteiger partial charge in [-0.05, 0) is 74.3 Å². The lowest BCUT2D eigenvalue weighted by Crippen LogP contribution is -2.49. The molecule has 0 aliphatic heterocycles. The Hall–Kier alpha value is -3.61. The fraction of sp³-hybridized carbons (Fsp3) is 0.484. The number of hydrogen-bond donors (Lipinski definition) is 1. The van der Waals surface area contributed by atoms with Gasteiger partial charge in [-0.25, -0.2) is 4.21 Å². The van der Waals surface area contributed by atoms with Crippen LogP contribution in [-0.4, -0.2) is 53.8 Å². The maximum absolute atomic E-state index is 13.3. The van der Waals surface area contributed by atoms with E-state index < -0.39 is 44.0 Å². The van der Waals surface area contributed by atoms with Gasteiger partial charge in [-0.3, -0.25) is 24.4 Å². The van der Waals surface area contributed by atoms with Crippen molar-refractivity contribution in [1.29, 1.82) is 0 Å². The Morgan fingerprint density at radius 3 is 2.58 bits per heavy atom. The molecule has 12 heteroatoms. The molecule has 11 nitrogen and oxygen atoms in total. The van der Waals surface area contributed by atoms with Crippen LogP contribution >= 0.6 is 0 Å². The zero-order valence-electron chi connectivity index (χ0n) is 25.4. The van der Waals surface area contributed by atoms with Crippen molar-refractivity contribution in [3.63, 3.8) is 0 Å². The SMILES string of the molecule is C/C=C\CCCS(=O)(=NC(=O)c1ccc(OC[C@@]2(C(OC)OC)CCCc3cc(CC)ccc32)c([N+](=O)[O-])c1)NC(C)=O. The van der Waals surface area contributed by atoms with Gasteiger partial charge in [0.1, 0.15) is 16.5 Å². The summed E-state index contributed by atoms with van der Waals surface area (Å²) in [5.74, 6) is -1.63. The molecule has 234 valence electrons. The number of carbonyl (C=O) groups excluding carboxylic acids is 2. The van der Waals surface area contributed by atoms with E-state index in [1.807, 2.05) is 19.1 Å². The summed E-state index contributed by atoms with van der Waals surface area (Å²) < 4.78 is 37.0. The first-order valence-electron chi connectivity index (χ1n) is 14.3. The van der Waals surface area contributed by atoms with Gasteiger partial charge in [0, 0.05) is 32.8 Å². The number of allylic oxidation sites excluding steroid dienone is 2. The molecule has 2 aromatic rings. The quantitative estimate of drug-likeness (QED) is 0.0971. The van der Waals surface area contributed by atoms with Crippen LogP contribution in [0.3, 0.4) is 0 Å². The minimum Gasteiger partial charge on any atom is -0.486 e. The summed E-state index contributed by atoms with van der Waals surface area (Å²) in [6, 6.07) is 10.0. The molecule has 0 fully saturated rings. The molecule has 2 atom stereocenters. The van der Waals surface area contributed by atoms with Crippen LogP contribution in [0.5, 0.6) is 5.75 Å². The summed E-state index contributed by atoms with van der Waals surface area (Å²) >= 11 is 0. The van der Waals surface area contributed by atoms with Gasteiger partial charge in [0.05, 0.1) is 16.1 Å². The molecule has 1 aliphatic carbocycles. The van der Waals surface area contributed by atoms with Gasteiger partial charge in [0.15, 0.2) is 12.0 Å². The van der Waals surface area contributed by atoms with Gasteiger partial charge < -0.3 is 14.2 Å². The number of benzene rings is 2. The Kier molecular flexibility index (Phi) is 12.0. The van der Waals surface area contributed by atoms with Crippen molar-refractivity contribution in [3.8, 4) is 5.75 Å². The number of nitrogens with zero attached hydrogens (tertiary/aromatic N) is 2. The topological polar surface area (TPSA) is 146 Å². The lowest BCUT2D eigenvalue weighted by molar-refractivity contribution is -0.386. The maximum atomic E-state index is 13.3. The van der Waals surface area contributed by atoms with Crippen molar-refractivity contribution in [2.45, 2.75) is 71.0 Å². The summed E-state index contributed by atoms with van der Waals surface area (Å²) in [6.07, 6.45) is 7.36. The van der Waals surface area contributed by atoms with Gasteiger partial charge >= 0.3 is 5.69 Å². The lowest BCUT2D eigenvalue weighted by atomic mass is 9.69. The highest BCUT2D eigenvalue weighted by Crippen LogP contribution is 2.43. The number of carbonyl (C=O) groups is 2. The third kappa shape index (κ3) is 8.27. The van der Waals surface area contributed by atoms with Crippen molar-refractivity contribution in [2.75, 3.05) is 26.6 Å². The van der Waals surface area contributed by atoms with Gasteiger partial charge in [-0.15, -0.1) is 4.36 Å². The standard InChI is InChI=1S/C31H41N3O8S/c1-6-8-9-10-18-43(39,32-22(3)35)33-29(36)25-14-16-28(27(20-25)34(37)38)42-21-31(30(40-4)41-5)17-11-12-24-19-23(7-2)13-15-26(24)31/h6,8,13-16,19-20,30H,7,9-12,17-18,21H2,1-5H3,(H,32,33,35,36,39)/b8-6-/t31-,43?/m0/s1. The average molecular weight is 616 g/mol. The molecule has 1 N–H and O–H groups in total. The number of fused-ring (bicyclic) bond motifs is 1. The van der Waals surface area contributed by atoms with Crippen molar-refractivity contribution >= 4 is 27.4 Å². The number of nitrogens with one attached hydrogen (secondary N) is 1. The molecule has 0 radical (unpaired) electrons. The molecule has 43 heavy (non-hydrogen) atoms. The van der Waals surface area contributed by atoms with E-state index >= 15 is 0 Å². The Bertz CT molecular complexity index is 1480. The summed E-state index contributed by atoms with van der Waals surface area (Å²) in [5, 5.41) is 12.1. The highest BCUT2D eigenvalue weighted by atomic mass is 32.2. The fourth-order valence-electron chi connectivity index (χ4n) is 5.51. The van der Waals surface area contributed by atoms with Crippen LogP contribution < -0.4 is 9.46 Å². The van der Waals surface area contributed by atoms with Crippen LogP contribution in [0, 0.1) is 10.1 Å². The lowest BCUT2D eigenvalue weighted by Gasteiger charge is -2.43. The number of nitro groups is 1. The number of methoxy groups -OCH3 is 2. The predicted molar refractivity (Wildman–Crippen MR) is 164 cm³/mol. The van der Waals surface area contributed by atoms with E-state index in [1.165, 1.54) is 30.2 Å². The molecule has 2 amide bonds. The molecule has 0 heterocycles. The zero-order chi connectivity index (χ0) is 31.6. The van der Waals surface area contributed by atoms with Crippen molar-refractivity contribution < 1.29 is 32.9 Å². The Morgan fingerprint density at radius 1 is 1.21 bits per heavy atom. The fourth-order valence-corrected chi connectivity index (χ4v) is 7.13. The first-order chi connectivity index (χ1) is 20.5. The van der Waals surface area contributed by atoms with Gasteiger partial charge in [-0.2, -0.15) is 0 Å². The summed E-state index contributed by atoms with van der Waals surface area (Å²) in [5.41, 5.74) is 2.06. The third-order valence-electron chi connectivity index (χ3n) is 7.51. The number of ether oxygens (including phenoxy) is 3. The molecule has 0 saturated carbocycles. The Labute approximate surface area is 253 Å². The normalized spacial score (nSPS) is 17.7. The van der Waals surface area contributed by atoms with Crippen LogP contribution in [0.4, 0.5) is 5.69 Å². The van der Waals surface area contributed by atoms with Crippen molar-refractivity contribution in [3.05, 3.63) is 80.9 Å². The molecular formula is C31H41N3O8S. The van der Waals surface area contributed by atoms with Crippen molar-refractivity contribution in [1.82, 2.24) is 4.72 Å². The van der Waals surface area contributed by atoms with E-state index in [1.54, 1.807) is 14.2 Å². The number of hydrogen-bond acceptors (Lipinski definition) is 8. The molecular weight excluding hydrogens is 574 g/mol. The second-order valence-corrected chi connectivity index (χ2v) is 12.6. The second kappa shape index (κ2) is 15.2. The summed E-state index contributed by atoms with van der Waals surface area (Å²) in [7, 11) is -0.324. The maximum Gasteiger partial charge on any atom is 0.311 e. The minimum absolute atomic E-state index is 0.0267. The van der Waals surface area contributed by atoms with Crippen molar-refractivity contribution in [2.24, 2.45) is 4.36 Å². The third-order valence-corrected chi connectivity index (χ3v) is 9.42. The van der Waals surface area contributed by atoms with E-state index in [4.69, 9.17) is 14.2 Å². The van der Waals surface area contributed by atoms with E-state index in [9.17, 15) is 23.9 Å². The second-order valence-electron chi connectivity index (χ2n) is 10.5. The number of nitro benzene ring substituents is 1. The number of rotatable bonds is 14. The zero-order valence-corrected chi connectivity index (χ0v) is 26.2. The predicted octanol–water partition coefficient (Wildman–Crippen LogP) is 5.44. The number of amides is 2. The molecule has 0 bridgehead atoms. The van der Waals surface area contributed by atoms with Crippen LogP contribution in [0.25, 0.3) is 0 Å². The van der Waals surface area contributed by atoms with Gasteiger partial charge in [0.2, 0.25) is 5.91 Å². The van der Waals surface area contributed by atoms with E-state index in [0.29, 0.717) is 19.3 Å². The molecule has 1 aliphatic rings. The van der Waals surface area contributed by atoms with Crippen LogP contribution in [-0.2, 0) is 42.4 Å². The van der Waals surface area contributed by atoms with Gasteiger partial charge in [-0.1, -0.05) is 37.3 Å². The molecule has 0 aromatic heterocycles.